The van der Waals surface area contributed by atoms with Crippen LogP contribution in [0.25, 0.3) is 21.3 Å². The average molecular weight is 338 g/mol. The Labute approximate surface area is 141 Å². The van der Waals surface area contributed by atoms with Crippen molar-refractivity contribution in [3.63, 3.8) is 0 Å². The lowest BCUT2D eigenvalue weighted by atomic mass is 10.0. The molecule has 0 unspecified atom stereocenters. The van der Waals surface area contributed by atoms with E-state index >= 15 is 0 Å². The topological polar surface area (TPSA) is 98.6 Å². The molecule has 0 bridgehead atoms. The summed E-state index contributed by atoms with van der Waals surface area (Å²) in [5.41, 5.74) is 8.18. The van der Waals surface area contributed by atoms with Crippen molar-refractivity contribution in [1.29, 1.82) is 0 Å². The highest BCUT2D eigenvalue weighted by Crippen LogP contribution is 2.37. The van der Waals surface area contributed by atoms with Gasteiger partial charge in [0.05, 0.1) is 23.5 Å². The van der Waals surface area contributed by atoms with Gasteiger partial charge in [0.25, 0.3) is 0 Å². The normalized spacial score (nSPS) is 14.5. The summed E-state index contributed by atoms with van der Waals surface area (Å²) in [6, 6.07) is 0. The second-order valence-corrected chi connectivity index (χ2v) is 6.90. The molecule has 5 rings (SSSR count). The van der Waals surface area contributed by atoms with Crippen molar-refractivity contribution in [1.82, 2.24) is 29.7 Å². The molecule has 9 heteroatoms. The molecule has 5 heterocycles. The van der Waals surface area contributed by atoms with E-state index in [9.17, 15) is 0 Å². The van der Waals surface area contributed by atoms with Crippen LogP contribution in [-0.4, -0.2) is 36.3 Å². The Morgan fingerprint density at radius 1 is 1.17 bits per heavy atom. The van der Waals surface area contributed by atoms with Crippen molar-refractivity contribution in [2.75, 3.05) is 17.2 Å². The molecular weight excluding hydrogens is 324 g/mol. The lowest BCUT2D eigenvalue weighted by Gasteiger charge is -2.28. The minimum Gasteiger partial charge on any atom is -0.383 e. The van der Waals surface area contributed by atoms with Crippen molar-refractivity contribution >= 4 is 44.2 Å². The molecule has 1 aliphatic heterocycles. The predicted molar refractivity (Wildman–Crippen MR) is 92.9 cm³/mol. The Bertz CT molecular complexity index is 1080. The molecule has 0 radical (unpaired) electrons. The molecule has 120 valence electrons. The molecule has 0 amide bonds. The number of hydrogen-bond donors (Lipinski definition) is 1. The number of nitrogen functional groups attached to an aromatic ring is 1. The molecule has 0 atom stereocenters. The highest BCUT2D eigenvalue weighted by molar-refractivity contribution is 7.19. The van der Waals surface area contributed by atoms with E-state index in [0.717, 1.165) is 46.6 Å². The third-order valence-electron chi connectivity index (χ3n) is 4.47. The van der Waals surface area contributed by atoms with Gasteiger partial charge in [0, 0.05) is 18.5 Å². The van der Waals surface area contributed by atoms with E-state index in [1.807, 2.05) is 13.2 Å². The Balaban J connectivity index is 1.61. The number of fused-ring (bicyclic) bond motifs is 4. The van der Waals surface area contributed by atoms with E-state index in [0.29, 0.717) is 5.82 Å². The molecule has 0 aromatic carbocycles. The van der Waals surface area contributed by atoms with E-state index in [4.69, 9.17) is 5.73 Å². The maximum Gasteiger partial charge on any atom is 0.163 e. The van der Waals surface area contributed by atoms with E-state index in [2.05, 4.69) is 29.9 Å². The summed E-state index contributed by atoms with van der Waals surface area (Å²) in [5, 5.41) is 6.29. The number of nitrogens with zero attached hydrogens (tertiary/aromatic N) is 7. The number of aromatic nitrogens is 6. The zero-order valence-electron chi connectivity index (χ0n) is 13.0. The van der Waals surface area contributed by atoms with E-state index in [-0.39, 0.29) is 0 Å². The summed E-state index contributed by atoms with van der Waals surface area (Å²) >= 11 is 1.69. The van der Waals surface area contributed by atoms with Gasteiger partial charge in [0.2, 0.25) is 0 Å². The first-order valence-electron chi connectivity index (χ1n) is 7.61. The van der Waals surface area contributed by atoms with Gasteiger partial charge in [-0.05, 0) is 12.0 Å². The third-order valence-corrected chi connectivity index (χ3v) is 5.60. The largest absolute Gasteiger partial charge is 0.383 e. The Morgan fingerprint density at radius 2 is 2.04 bits per heavy atom. The van der Waals surface area contributed by atoms with Gasteiger partial charge in [-0.2, -0.15) is 5.10 Å². The quantitative estimate of drug-likeness (QED) is 0.561. The molecule has 0 aliphatic carbocycles. The van der Waals surface area contributed by atoms with Gasteiger partial charge in [-0.15, -0.1) is 11.3 Å². The SMILES string of the molecule is Cn1ncc2c(N3CCc4c(sc5ncnc(N)c45)C3)ncnc21. The van der Waals surface area contributed by atoms with Gasteiger partial charge < -0.3 is 10.6 Å². The zero-order chi connectivity index (χ0) is 16.3. The van der Waals surface area contributed by atoms with Gasteiger partial charge in [0.1, 0.15) is 29.1 Å². The molecule has 0 fully saturated rings. The molecule has 0 spiro atoms. The first kappa shape index (κ1) is 13.6. The van der Waals surface area contributed by atoms with Crippen LogP contribution in [0.1, 0.15) is 10.4 Å². The Hall–Kier alpha value is -2.81. The van der Waals surface area contributed by atoms with Crippen LogP contribution in [0.15, 0.2) is 18.9 Å². The Kier molecular flexibility index (Phi) is 2.75. The predicted octanol–water partition coefficient (Wildman–Crippen LogP) is 1.51. The summed E-state index contributed by atoms with van der Waals surface area (Å²) in [7, 11) is 1.89. The van der Waals surface area contributed by atoms with Crippen LogP contribution < -0.4 is 10.6 Å². The monoisotopic (exact) mass is 338 g/mol. The summed E-state index contributed by atoms with van der Waals surface area (Å²) in [5.74, 6) is 1.50. The van der Waals surface area contributed by atoms with Crippen molar-refractivity contribution in [2.45, 2.75) is 13.0 Å². The second kappa shape index (κ2) is 4.84. The van der Waals surface area contributed by atoms with Gasteiger partial charge >= 0.3 is 0 Å². The Morgan fingerprint density at radius 3 is 2.96 bits per heavy atom. The van der Waals surface area contributed by atoms with Gasteiger partial charge in [-0.3, -0.25) is 4.68 Å². The summed E-state index contributed by atoms with van der Waals surface area (Å²) < 4.78 is 1.77. The van der Waals surface area contributed by atoms with Crippen LogP contribution in [-0.2, 0) is 20.0 Å². The molecule has 24 heavy (non-hydrogen) atoms. The fraction of sp³-hybridized carbons (Fsp3) is 0.267. The number of aryl methyl sites for hydroxylation is 1. The molecule has 4 aromatic heterocycles. The molecule has 0 saturated carbocycles. The van der Waals surface area contributed by atoms with Crippen LogP contribution in [0.4, 0.5) is 11.6 Å². The number of nitrogens with two attached hydrogens (primary N) is 1. The lowest BCUT2D eigenvalue weighted by molar-refractivity contribution is 0.738. The fourth-order valence-electron chi connectivity index (χ4n) is 3.33. The molecule has 2 N–H and O–H groups in total. The van der Waals surface area contributed by atoms with Crippen molar-refractivity contribution in [3.8, 4) is 0 Å². The molecule has 8 nitrogen and oxygen atoms in total. The minimum atomic E-state index is 0.572. The standard InChI is InChI=1S/C15H14N8S/c1-22-13-9(4-21-22)14(19-7-18-13)23-3-2-8-10(5-23)24-15-11(8)12(16)17-6-20-15/h4,6-7H,2-3,5H2,1H3,(H2,16,17,20). The van der Waals surface area contributed by atoms with Crippen LogP contribution in [0.5, 0.6) is 0 Å². The first-order chi connectivity index (χ1) is 11.7. The number of anilines is 2. The average Bonchev–Trinajstić information content (AvgIpc) is 3.15. The number of hydrogen-bond acceptors (Lipinski definition) is 8. The zero-order valence-corrected chi connectivity index (χ0v) is 13.8. The van der Waals surface area contributed by atoms with Crippen LogP contribution >= 0.6 is 11.3 Å². The van der Waals surface area contributed by atoms with Crippen LogP contribution in [0.3, 0.4) is 0 Å². The number of thiophene rings is 1. The summed E-state index contributed by atoms with van der Waals surface area (Å²) in [6.07, 6.45) is 5.86. The summed E-state index contributed by atoms with van der Waals surface area (Å²) in [4.78, 5) is 21.8. The first-order valence-corrected chi connectivity index (χ1v) is 8.42. The van der Waals surface area contributed by atoms with Gasteiger partial charge in [0.15, 0.2) is 5.65 Å². The lowest BCUT2D eigenvalue weighted by Crippen LogP contribution is -2.30. The third kappa shape index (κ3) is 1.81. The highest BCUT2D eigenvalue weighted by atomic mass is 32.1. The van der Waals surface area contributed by atoms with Gasteiger partial charge in [-0.25, -0.2) is 19.9 Å². The highest BCUT2D eigenvalue weighted by Gasteiger charge is 2.25. The van der Waals surface area contributed by atoms with E-state index in [1.165, 1.54) is 16.8 Å². The maximum absolute atomic E-state index is 6.06. The van der Waals surface area contributed by atoms with Crippen LogP contribution in [0, 0.1) is 0 Å². The maximum atomic E-state index is 6.06. The van der Waals surface area contributed by atoms with Gasteiger partial charge in [-0.1, -0.05) is 0 Å². The number of rotatable bonds is 1. The minimum absolute atomic E-state index is 0.572. The second-order valence-electron chi connectivity index (χ2n) is 5.82. The molecule has 0 saturated heterocycles. The molecule has 4 aromatic rings. The fourth-order valence-corrected chi connectivity index (χ4v) is 4.55. The van der Waals surface area contributed by atoms with Crippen molar-refractivity contribution < 1.29 is 0 Å². The van der Waals surface area contributed by atoms with E-state index < -0.39 is 0 Å². The van der Waals surface area contributed by atoms with Crippen molar-refractivity contribution in [3.05, 3.63) is 29.3 Å². The van der Waals surface area contributed by atoms with E-state index in [1.54, 1.807) is 22.3 Å². The van der Waals surface area contributed by atoms with Crippen LogP contribution in [0.2, 0.25) is 0 Å². The molecular formula is C15H14N8S. The summed E-state index contributed by atoms with van der Waals surface area (Å²) in [6.45, 7) is 1.66. The molecule has 1 aliphatic rings. The smallest absolute Gasteiger partial charge is 0.163 e. The van der Waals surface area contributed by atoms with Crippen molar-refractivity contribution in [2.24, 2.45) is 7.05 Å².